The second-order valence-electron chi connectivity index (χ2n) is 4.52. The number of carbonyl (C=O) groups excluding carboxylic acids is 1. The van der Waals surface area contributed by atoms with Crippen LogP contribution in [0, 0.1) is 6.92 Å². The lowest BCUT2D eigenvalue weighted by atomic mass is 10.1. The Kier molecular flexibility index (Phi) is 3.41. The van der Waals surface area contributed by atoms with Crippen LogP contribution in [-0.2, 0) is 21.9 Å². The summed E-state index contributed by atoms with van der Waals surface area (Å²) < 4.78 is 27.9. The molecule has 0 aliphatic carbocycles. The predicted octanol–water partition coefficient (Wildman–Crippen LogP) is -1.15. The number of nitrogens with two attached hydrogens (primary N) is 2. The van der Waals surface area contributed by atoms with Crippen LogP contribution in [0.3, 0.4) is 0 Å². The Hall–Kier alpha value is -1.61. The minimum atomic E-state index is -3.96. The molecule has 0 bridgehead atoms. The maximum atomic E-state index is 12.2. The molecular weight excluding hydrogens is 258 g/mol. The molecule has 0 aromatic carbocycles. The second kappa shape index (κ2) is 4.25. The number of carbonyl (C=O) groups is 1. The van der Waals surface area contributed by atoms with E-state index in [1.54, 1.807) is 14.0 Å². The van der Waals surface area contributed by atoms with E-state index in [0.29, 0.717) is 5.69 Å². The first-order valence-electron chi connectivity index (χ1n) is 5.12. The van der Waals surface area contributed by atoms with Crippen molar-refractivity contribution < 1.29 is 13.2 Å². The molecule has 0 aliphatic rings. The molecule has 0 saturated heterocycles. The first kappa shape index (κ1) is 14.5. The maximum absolute atomic E-state index is 12.2. The Bertz CT molecular complexity index is 588. The molecule has 1 heterocycles. The van der Waals surface area contributed by atoms with Crippen LogP contribution in [0.15, 0.2) is 4.90 Å². The van der Waals surface area contributed by atoms with Crippen LogP contribution < -0.4 is 16.2 Å². The van der Waals surface area contributed by atoms with E-state index >= 15 is 0 Å². The predicted molar refractivity (Wildman–Crippen MR) is 66.0 cm³/mol. The molecule has 18 heavy (non-hydrogen) atoms. The number of nitrogen functional groups attached to an aromatic ring is 1. The van der Waals surface area contributed by atoms with Gasteiger partial charge >= 0.3 is 0 Å². The lowest BCUT2D eigenvalue weighted by molar-refractivity contribution is -0.122. The lowest BCUT2D eigenvalue weighted by Gasteiger charge is -2.21. The highest BCUT2D eigenvalue weighted by Crippen LogP contribution is 2.22. The molecule has 9 heteroatoms. The van der Waals surface area contributed by atoms with Gasteiger partial charge in [-0.15, -0.1) is 0 Å². The maximum Gasteiger partial charge on any atom is 0.247 e. The van der Waals surface area contributed by atoms with Crippen molar-refractivity contribution in [3.05, 3.63) is 5.69 Å². The fraction of sp³-hybridized carbons (Fsp3) is 0.556. The van der Waals surface area contributed by atoms with Gasteiger partial charge in [-0.05, 0) is 20.8 Å². The first-order chi connectivity index (χ1) is 7.99. The van der Waals surface area contributed by atoms with Gasteiger partial charge in [0, 0.05) is 7.05 Å². The number of primary amides is 1. The summed E-state index contributed by atoms with van der Waals surface area (Å²) in [7, 11) is -2.39. The summed E-state index contributed by atoms with van der Waals surface area (Å²) in [5.41, 5.74) is 9.64. The third-order valence-electron chi connectivity index (χ3n) is 2.58. The molecule has 0 spiro atoms. The zero-order chi connectivity index (χ0) is 14.3. The average molecular weight is 275 g/mol. The highest BCUT2D eigenvalue weighted by atomic mass is 32.2. The summed E-state index contributed by atoms with van der Waals surface area (Å²) in [4.78, 5) is 11.0. The van der Waals surface area contributed by atoms with E-state index in [9.17, 15) is 13.2 Å². The Morgan fingerprint density at radius 1 is 1.44 bits per heavy atom. The summed E-state index contributed by atoms with van der Waals surface area (Å²) in [6.07, 6.45) is 0. The zero-order valence-corrected chi connectivity index (χ0v) is 11.5. The Labute approximate surface area is 105 Å². The number of sulfonamides is 1. The lowest BCUT2D eigenvalue weighted by Crippen LogP contribution is -2.52. The number of aromatic nitrogens is 2. The van der Waals surface area contributed by atoms with Crippen LogP contribution in [-0.4, -0.2) is 29.6 Å². The summed E-state index contributed by atoms with van der Waals surface area (Å²) >= 11 is 0. The Morgan fingerprint density at radius 3 is 2.28 bits per heavy atom. The van der Waals surface area contributed by atoms with Crippen LogP contribution in [0.5, 0.6) is 0 Å². The molecule has 102 valence electrons. The van der Waals surface area contributed by atoms with Gasteiger partial charge in [-0.3, -0.25) is 9.48 Å². The van der Waals surface area contributed by atoms with Gasteiger partial charge in [0.1, 0.15) is 10.4 Å². The summed E-state index contributed by atoms with van der Waals surface area (Å²) in [5.74, 6) is -0.908. The standard InChI is InChI=1S/C9H17N5O3S/c1-5-6(7(10)12-14(5)4)18(16,17)13-9(2,3)8(11)15/h13H,1-4H3,(H2,10,12)(H2,11,15). The van der Waals surface area contributed by atoms with E-state index in [2.05, 4.69) is 9.82 Å². The van der Waals surface area contributed by atoms with Gasteiger partial charge in [0.05, 0.1) is 5.69 Å². The van der Waals surface area contributed by atoms with Crippen LogP contribution in [0.1, 0.15) is 19.5 Å². The van der Waals surface area contributed by atoms with Crippen molar-refractivity contribution in [3.63, 3.8) is 0 Å². The molecule has 1 rings (SSSR count). The quantitative estimate of drug-likeness (QED) is 0.638. The van der Waals surface area contributed by atoms with Gasteiger partial charge in [0.25, 0.3) is 0 Å². The molecule has 1 aromatic rings. The van der Waals surface area contributed by atoms with Crippen molar-refractivity contribution >= 4 is 21.7 Å². The third kappa shape index (κ3) is 2.46. The van der Waals surface area contributed by atoms with Gasteiger partial charge in [0.2, 0.25) is 15.9 Å². The van der Waals surface area contributed by atoms with E-state index in [0.717, 1.165) is 0 Å². The molecule has 8 nitrogen and oxygen atoms in total. The van der Waals surface area contributed by atoms with Crippen molar-refractivity contribution in [1.29, 1.82) is 0 Å². The molecule has 1 aromatic heterocycles. The van der Waals surface area contributed by atoms with Gasteiger partial charge in [-0.2, -0.15) is 9.82 Å². The van der Waals surface area contributed by atoms with E-state index in [-0.39, 0.29) is 10.7 Å². The topological polar surface area (TPSA) is 133 Å². The molecular formula is C9H17N5O3S. The monoisotopic (exact) mass is 275 g/mol. The van der Waals surface area contributed by atoms with Crippen molar-refractivity contribution in [2.75, 3.05) is 5.73 Å². The summed E-state index contributed by atoms with van der Waals surface area (Å²) in [6.45, 7) is 4.30. The minimum absolute atomic E-state index is 0.122. The van der Waals surface area contributed by atoms with Crippen molar-refractivity contribution in [3.8, 4) is 0 Å². The van der Waals surface area contributed by atoms with E-state index in [4.69, 9.17) is 11.5 Å². The van der Waals surface area contributed by atoms with Crippen molar-refractivity contribution in [1.82, 2.24) is 14.5 Å². The normalized spacial score (nSPS) is 12.7. The number of rotatable bonds is 4. The molecule has 0 aliphatic heterocycles. The molecule has 1 amide bonds. The fourth-order valence-electron chi connectivity index (χ4n) is 1.38. The van der Waals surface area contributed by atoms with Gasteiger partial charge in [-0.25, -0.2) is 8.42 Å². The van der Waals surface area contributed by atoms with Gasteiger partial charge < -0.3 is 11.5 Å². The van der Waals surface area contributed by atoms with Crippen molar-refractivity contribution in [2.24, 2.45) is 12.8 Å². The second-order valence-corrected chi connectivity index (χ2v) is 6.14. The molecule has 5 N–H and O–H groups in total. The third-order valence-corrected chi connectivity index (χ3v) is 4.40. The molecule has 0 unspecified atom stereocenters. The van der Waals surface area contributed by atoms with Crippen LogP contribution in [0.25, 0.3) is 0 Å². The average Bonchev–Trinajstić information content (AvgIpc) is 2.38. The molecule has 0 radical (unpaired) electrons. The molecule has 0 atom stereocenters. The van der Waals surface area contributed by atoms with E-state index < -0.39 is 21.5 Å². The number of nitrogens with one attached hydrogen (secondary N) is 1. The number of anilines is 1. The van der Waals surface area contributed by atoms with Crippen molar-refractivity contribution in [2.45, 2.75) is 31.2 Å². The van der Waals surface area contributed by atoms with Crippen LogP contribution in [0.2, 0.25) is 0 Å². The number of nitrogens with zero attached hydrogens (tertiary/aromatic N) is 2. The molecule has 0 saturated carbocycles. The van der Waals surface area contributed by atoms with Crippen LogP contribution in [0.4, 0.5) is 5.82 Å². The Balaban J connectivity index is 3.28. The summed E-state index contributed by atoms with van der Waals surface area (Å²) in [5, 5.41) is 3.81. The summed E-state index contributed by atoms with van der Waals surface area (Å²) in [6, 6.07) is 0. The first-order valence-corrected chi connectivity index (χ1v) is 6.60. The number of amides is 1. The van der Waals surface area contributed by atoms with Gasteiger partial charge in [0.15, 0.2) is 5.82 Å². The van der Waals surface area contributed by atoms with Gasteiger partial charge in [-0.1, -0.05) is 0 Å². The van der Waals surface area contributed by atoms with E-state index in [1.807, 2.05) is 0 Å². The number of aryl methyl sites for hydroxylation is 1. The van der Waals surface area contributed by atoms with E-state index in [1.165, 1.54) is 18.5 Å². The van der Waals surface area contributed by atoms with Crippen LogP contribution >= 0.6 is 0 Å². The minimum Gasteiger partial charge on any atom is -0.381 e. The zero-order valence-electron chi connectivity index (χ0n) is 10.7. The SMILES string of the molecule is Cc1c(S(=O)(=O)NC(C)(C)C(N)=O)c(N)nn1C. The molecule has 0 fully saturated rings. The Morgan fingerprint density at radius 2 is 1.94 bits per heavy atom. The number of hydrogen-bond acceptors (Lipinski definition) is 5. The smallest absolute Gasteiger partial charge is 0.247 e. The largest absolute Gasteiger partial charge is 0.381 e. The fourth-order valence-corrected chi connectivity index (χ4v) is 3.10. The highest BCUT2D eigenvalue weighted by Gasteiger charge is 2.34. The number of hydrogen-bond donors (Lipinski definition) is 3. The highest BCUT2D eigenvalue weighted by molar-refractivity contribution is 7.89.